The van der Waals surface area contributed by atoms with Crippen molar-refractivity contribution in [2.24, 2.45) is 0 Å². The second-order valence-electron chi connectivity index (χ2n) is 5.11. The predicted octanol–water partition coefficient (Wildman–Crippen LogP) is 3.88. The van der Waals surface area contributed by atoms with Crippen LogP contribution in [0.15, 0.2) is 48.5 Å². The third-order valence-electron chi connectivity index (χ3n) is 3.61. The number of hydrogen-bond acceptors (Lipinski definition) is 2. The quantitative estimate of drug-likeness (QED) is 0.766. The topological polar surface area (TPSA) is 20.3 Å². The molecule has 0 aliphatic carbocycles. The highest BCUT2D eigenvalue weighted by atomic mass is 16.1. The number of carbonyl (C=O) groups is 1. The minimum absolute atomic E-state index is 0.158. The normalized spacial score (nSPS) is 10.3. The number of anilines is 1. The Balaban J connectivity index is 2.09. The van der Waals surface area contributed by atoms with Crippen LogP contribution in [-0.2, 0) is 6.42 Å². The Morgan fingerprint density at radius 3 is 2.30 bits per heavy atom. The van der Waals surface area contributed by atoms with Gasteiger partial charge in [0.15, 0.2) is 5.78 Å². The van der Waals surface area contributed by atoms with Crippen molar-refractivity contribution in [3.63, 3.8) is 0 Å². The van der Waals surface area contributed by atoms with E-state index in [-0.39, 0.29) is 5.78 Å². The summed E-state index contributed by atoms with van der Waals surface area (Å²) in [4.78, 5) is 14.3. The van der Waals surface area contributed by atoms with Crippen LogP contribution in [0.25, 0.3) is 0 Å². The van der Waals surface area contributed by atoms with E-state index in [4.69, 9.17) is 0 Å². The lowest BCUT2D eigenvalue weighted by Gasteiger charge is -2.19. The van der Waals surface area contributed by atoms with Gasteiger partial charge in [0, 0.05) is 18.3 Å². The maximum atomic E-state index is 12.3. The van der Waals surface area contributed by atoms with Gasteiger partial charge in [-0.1, -0.05) is 43.3 Å². The standard InChI is InChI=1S/C18H21NO/c1-4-15-9-11-16(12-10-15)19(3)13-18(20)17-8-6-5-7-14(17)2/h5-12H,4,13H2,1-3H3. The molecule has 2 rings (SSSR count). The molecule has 0 amide bonds. The van der Waals surface area contributed by atoms with Gasteiger partial charge in [0.25, 0.3) is 0 Å². The van der Waals surface area contributed by atoms with Crippen molar-refractivity contribution < 1.29 is 4.79 Å². The van der Waals surface area contributed by atoms with E-state index in [1.165, 1.54) is 5.56 Å². The van der Waals surface area contributed by atoms with E-state index in [1.807, 2.05) is 43.1 Å². The molecule has 0 N–H and O–H groups in total. The van der Waals surface area contributed by atoms with Gasteiger partial charge < -0.3 is 4.90 Å². The third-order valence-corrected chi connectivity index (χ3v) is 3.61. The average molecular weight is 267 g/mol. The molecule has 0 aliphatic rings. The first-order valence-electron chi connectivity index (χ1n) is 7.00. The summed E-state index contributed by atoms with van der Waals surface area (Å²) in [5.41, 5.74) is 4.23. The fourth-order valence-electron chi connectivity index (χ4n) is 2.26. The lowest BCUT2D eigenvalue weighted by molar-refractivity contribution is 0.1000. The Labute approximate surface area is 121 Å². The van der Waals surface area contributed by atoms with Crippen LogP contribution >= 0.6 is 0 Å². The van der Waals surface area contributed by atoms with E-state index in [0.29, 0.717) is 6.54 Å². The second kappa shape index (κ2) is 6.38. The summed E-state index contributed by atoms with van der Waals surface area (Å²) in [6.07, 6.45) is 1.03. The maximum Gasteiger partial charge on any atom is 0.182 e. The van der Waals surface area contributed by atoms with Crippen molar-refractivity contribution in [3.05, 3.63) is 65.2 Å². The molecule has 2 heteroatoms. The predicted molar refractivity (Wildman–Crippen MR) is 84.6 cm³/mol. The summed E-state index contributed by atoms with van der Waals surface area (Å²) in [5.74, 6) is 0.158. The largest absolute Gasteiger partial charge is 0.367 e. The molecule has 0 atom stereocenters. The monoisotopic (exact) mass is 267 g/mol. The van der Waals surface area contributed by atoms with Crippen LogP contribution in [0.3, 0.4) is 0 Å². The van der Waals surface area contributed by atoms with E-state index >= 15 is 0 Å². The first kappa shape index (κ1) is 14.3. The highest BCUT2D eigenvalue weighted by Crippen LogP contribution is 2.16. The Hall–Kier alpha value is -2.09. The Kier molecular flexibility index (Phi) is 4.57. The van der Waals surface area contributed by atoms with Gasteiger partial charge in [-0.05, 0) is 36.6 Å². The molecule has 0 spiro atoms. The van der Waals surface area contributed by atoms with Gasteiger partial charge in [0.05, 0.1) is 6.54 Å². The molecular formula is C18H21NO. The summed E-state index contributed by atoms with van der Waals surface area (Å²) in [7, 11) is 1.96. The molecule has 2 nitrogen and oxygen atoms in total. The molecule has 20 heavy (non-hydrogen) atoms. The van der Waals surface area contributed by atoms with Crippen molar-refractivity contribution in [3.8, 4) is 0 Å². The number of nitrogens with zero attached hydrogens (tertiary/aromatic N) is 1. The van der Waals surface area contributed by atoms with E-state index < -0.39 is 0 Å². The molecule has 0 saturated carbocycles. The van der Waals surface area contributed by atoms with E-state index in [1.54, 1.807) is 0 Å². The van der Waals surface area contributed by atoms with Crippen LogP contribution in [-0.4, -0.2) is 19.4 Å². The SMILES string of the molecule is CCc1ccc(N(C)CC(=O)c2ccccc2C)cc1. The Morgan fingerprint density at radius 2 is 1.70 bits per heavy atom. The smallest absolute Gasteiger partial charge is 0.182 e. The zero-order valence-electron chi connectivity index (χ0n) is 12.4. The fourth-order valence-corrected chi connectivity index (χ4v) is 2.26. The van der Waals surface area contributed by atoms with Gasteiger partial charge in [-0.25, -0.2) is 0 Å². The Morgan fingerprint density at radius 1 is 1.05 bits per heavy atom. The minimum atomic E-state index is 0.158. The Bertz CT molecular complexity index is 587. The first-order chi connectivity index (χ1) is 9.61. The third kappa shape index (κ3) is 3.27. The molecule has 0 unspecified atom stereocenters. The summed E-state index contributed by atoms with van der Waals surface area (Å²) >= 11 is 0. The van der Waals surface area contributed by atoms with Gasteiger partial charge >= 0.3 is 0 Å². The average Bonchev–Trinajstić information content (AvgIpc) is 2.47. The van der Waals surface area contributed by atoms with E-state index in [9.17, 15) is 4.79 Å². The number of ketones is 1. The number of carbonyl (C=O) groups excluding carboxylic acids is 1. The van der Waals surface area contributed by atoms with Crippen LogP contribution in [0.5, 0.6) is 0 Å². The van der Waals surface area contributed by atoms with Crippen molar-refractivity contribution >= 4 is 11.5 Å². The molecule has 0 bridgehead atoms. The number of aryl methyl sites for hydroxylation is 2. The summed E-state index contributed by atoms with van der Waals surface area (Å²) in [6, 6.07) is 16.1. The van der Waals surface area contributed by atoms with Gasteiger partial charge in [-0.2, -0.15) is 0 Å². The molecule has 0 fully saturated rings. The van der Waals surface area contributed by atoms with E-state index in [0.717, 1.165) is 23.2 Å². The lowest BCUT2D eigenvalue weighted by Crippen LogP contribution is -2.26. The molecular weight excluding hydrogens is 246 g/mol. The number of rotatable bonds is 5. The lowest BCUT2D eigenvalue weighted by atomic mass is 10.0. The number of likely N-dealkylation sites (N-methyl/N-ethyl adjacent to an activating group) is 1. The van der Waals surface area contributed by atoms with Crippen molar-refractivity contribution in [1.82, 2.24) is 0 Å². The molecule has 2 aromatic carbocycles. The summed E-state index contributed by atoms with van der Waals surface area (Å²) in [6.45, 7) is 4.51. The number of Topliss-reactive ketones (excluding diaryl/α,β-unsaturated/α-hetero) is 1. The van der Waals surface area contributed by atoms with Gasteiger partial charge in [-0.15, -0.1) is 0 Å². The maximum absolute atomic E-state index is 12.3. The molecule has 0 aliphatic heterocycles. The highest BCUT2D eigenvalue weighted by Gasteiger charge is 2.11. The zero-order chi connectivity index (χ0) is 14.5. The van der Waals surface area contributed by atoms with Gasteiger partial charge in [-0.3, -0.25) is 4.79 Å². The molecule has 0 heterocycles. The van der Waals surface area contributed by atoms with Crippen LogP contribution in [0, 0.1) is 6.92 Å². The number of benzene rings is 2. The van der Waals surface area contributed by atoms with Crippen LogP contribution in [0.2, 0.25) is 0 Å². The highest BCUT2D eigenvalue weighted by molar-refractivity contribution is 6.00. The van der Waals surface area contributed by atoms with Crippen molar-refractivity contribution in [1.29, 1.82) is 0 Å². The minimum Gasteiger partial charge on any atom is -0.367 e. The van der Waals surface area contributed by atoms with Gasteiger partial charge in [0.1, 0.15) is 0 Å². The second-order valence-corrected chi connectivity index (χ2v) is 5.11. The molecule has 2 aromatic rings. The van der Waals surface area contributed by atoms with Crippen molar-refractivity contribution in [2.75, 3.05) is 18.5 Å². The molecule has 0 radical (unpaired) electrons. The van der Waals surface area contributed by atoms with E-state index in [2.05, 4.69) is 31.2 Å². The summed E-state index contributed by atoms with van der Waals surface area (Å²) < 4.78 is 0. The number of hydrogen-bond donors (Lipinski definition) is 0. The first-order valence-corrected chi connectivity index (χ1v) is 7.00. The molecule has 104 valence electrons. The molecule has 0 aromatic heterocycles. The van der Waals surface area contributed by atoms with Crippen LogP contribution in [0.4, 0.5) is 5.69 Å². The van der Waals surface area contributed by atoms with Crippen molar-refractivity contribution in [2.45, 2.75) is 20.3 Å². The zero-order valence-corrected chi connectivity index (χ0v) is 12.4. The van der Waals surface area contributed by atoms with Crippen LogP contribution < -0.4 is 4.90 Å². The molecule has 0 saturated heterocycles. The van der Waals surface area contributed by atoms with Crippen LogP contribution in [0.1, 0.15) is 28.4 Å². The van der Waals surface area contributed by atoms with Gasteiger partial charge in [0.2, 0.25) is 0 Å². The fraction of sp³-hybridized carbons (Fsp3) is 0.278. The summed E-state index contributed by atoms with van der Waals surface area (Å²) in [5, 5.41) is 0.